The lowest BCUT2D eigenvalue weighted by molar-refractivity contribution is 0.294. The number of hydrogen-bond donors (Lipinski definition) is 0. The van der Waals surface area contributed by atoms with Crippen molar-refractivity contribution in [2.75, 3.05) is 0 Å². The summed E-state index contributed by atoms with van der Waals surface area (Å²) in [5, 5.41) is 0.676. The minimum absolute atomic E-state index is 0.117. The van der Waals surface area contributed by atoms with Crippen LogP contribution in [0.2, 0.25) is 5.02 Å². The first kappa shape index (κ1) is 16.2. The highest BCUT2D eigenvalue weighted by molar-refractivity contribution is 6.30. The maximum absolute atomic E-state index is 12.4. The standard InChI is InChI=1S/C18H16ClN3O2/c1-13-9-16(24-12-17-20-7-2-8-21-17)10-18(23)22(13)11-14-3-5-15(19)6-4-14/h2-10H,11-12H2,1H3. The first-order valence-corrected chi connectivity index (χ1v) is 7.84. The normalized spacial score (nSPS) is 10.6. The fraction of sp³-hybridized carbons (Fsp3) is 0.167. The molecular weight excluding hydrogens is 326 g/mol. The summed E-state index contributed by atoms with van der Waals surface area (Å²) in [4.78, 5) is 20.5. The van der Waals surface area contributed by atoms with Gasteiger partial charge in [0, 0.05) is 29.2 Å². The molecule has 0 amide bonds. The molecule has 0 saturated carbocycles. The molecule has 3 aromatic rings. The van der Waals surface area contributed by atoms with Crippen LogP contribution in [0.15, 0.2) is 59.7 Å². The van der Waals surface area contributed by atoms with Crippen molar-refractivity contribution in [3.8, 4) is 5.75 Å². The van der Waals surface area contributed by atoms with E-state index >= 15 is 0 Å². The molecular formula is C18H16ClN3O2. The van der Waals surface area contributed by atoms with Crippen LogP contribution in [0.1, 0.15) is 17.1 Å². The molecule has 0 radical (unpaired) electrons. The van der Waals surface area contributed by atoms with Crippen molar-refractivity contribution in [2.45, 2.75) is 20.1 Å². The summed E-state index contributed by atoms with van der Waals surface area (Å²) in [5.41, 5.74) is 1.71. The molecule has 0 N–H and O–H groups in total. The van der Waals surface area contributed by atoms with Gasteiger partial charge in [0.1, 0.15) is 12.4 Å². The largest absolute Gasteiger partial charge is 0.485 e. The maximum atomic E-state index is 12.4. The molecule has 122 valence electrons. The molecule has 6 heteroatoms. The zero-order chi connectivity index (χ0) is 16.9. The van der Waals surface area contributed by atoms with E-state index in [1.807, 2.05) is 37.3 Å². The smallest absolute Gasteiger partial charge is 0.254 e. The fourth-order valence-electron chi connectivity index (χ4n) is 2.31. The van der Waals surface area contributed by atoms with Gasteiger partial charge in [0.05, 0.1) is 6.54 Å². The van der Waals surface area contributed by atoms with Gasteiger partial charge in [0.15, 0.2) is 5.82 Å². The van der Waals surface area contributed by atoms with Gasteiger partial charge in [-0.15, -0.1) is 0 Å². The average molecular weight is 342 g/mol. The van der Waals surface area contributed by atoms with Crippen LogP contribution in [0, 0.1) is 6.92 Å². The van der Waals surface area contributed by atoms with Crippen LogP contribution in [0.25, 0.3) is 0 Å². The predicted molar refractivity (Wildman–Crippen MR) is 92.4 cm³/mol. The molecule has 0 fully saturated rings. The van der Waals surface area contributed by atoms with Crippen LogP contribution in [0.5, 0.6) is 5.75 Å². The molecule has 3 rings (SSSR count). The molecule has 0 aliphatic rings. The summed E-state index contributed by atoms with van der Waals surface area (Å²) < 4.78 is 7.31. The summed E-state index contributed by atoms with van der Waals surface area (Å²) >= 11 is 5.89. The van der Waals surface area contributed by atoms with Gasteiger partial charge in [-0.2, -0.15) is 0 Å². The Kier molecular flexibility index (Phi) is 4.91. The maximum Gasteiger partial charge on any atom is 0.254 e. The molecule has 0 aliphatic heterocycles. The van der Waals surface area contributed by atoms with Crippen LogP contribution in [-0.2, 0) is 13.2 Å². The number of pyridine rings is 1. The number of benzene rings is 1. The molecule has 0 saturated heterocycles. The first-order valence-electron chi connectivity index (χ1n) is 7.46. The summed E-state index contributed by atoms with van der Waals surface area (Å²) in [6, 6.07) is 12.5. The van der Waals surface area contributed by atoms with E-state index in [2.05, 4.69) is 9.97 Å². The van der Waals surface area contributed by atoms with E-state index in [1.54, 1.807) is 23.0 Å². The molecule has 24 heavy (non-hydrogen) atoms. The van der Waals surface area contributed by atoms with E-state index in [4.69, 9.17) is 16.3 Å². The van der Waals surface area contributed by atoms with Gasteiger partial charge in [-0.3, -0.25) is 4.79 Å². The Bertz CT molecular complexity index is 877. The zero-order valence-corrected chi connectivity index (χ0v) is 13.9. The second-order valence-corrected chi connectivity index (χ2v) is 5.77. The third-order valence-electron chi connectivity index (χ3n) is 3.55. The molecule has 2 heterocycles. The van der Waals surface area contributed by atoms with Gasteiger partial charge in [0.25, 0.3) is 5.56 Å². The van der Waals surface area contributed by atoms with Crippen molar-refractivity contribution in [3.05, 3.63) is 87.3 Å². The fourth-order valence-corrected chi connectivity index (χ4v) is 2.44. The van der Waals surface area contributed by atoms with Crippen LogP contribution >= 0.6 is 11.6 Å². The van der Waals surface area contributed by atoms with Crippen molar-refractivity contribution in [1.82, 2.24) is 14.5 Å². The van der Waals surface area contributed by atoms with Gasteiger partial charge in [-0.05, 0) is 36.8 Å². The summed E-state index contributed by atoms with van der Waals surface area (Å²) in [6.07, 6.45) is 3.31. The lowest BCUT2D eigenvalue weighted by atomic mass is 10.2. The molecule has 0 bridgehead atoms. The highest BCUT2D eigenvalue weighted by atomic mass is 35.5. The van der Waals surface area contributed by atoms with E-state index in [-0.39, 0.29) is 12.2 Å². The third-order valence-corrected chi connectivity index (χ3v) is 3.80. The Balaban J connectivity index is 1.76. The third kappa shape index (κ3) is 4.00. The molecule has 0 spiro atoms. The van der Waals surface area contributed by atoms with Crippen LogP contribution in [0.3, 0.4) is 0 Å². The number of hydrogen-bond acceptors (Lipinski definition) is 4. The minimum Gasteiger partial charge on any atom is -0.485 e. The quantitative estimate of drug-likeness (QED) is 0.715. The molecule has 0 atom stereocenters. The number of aromatic nitrogens is 3. The second-order valence-electron chi connectivity index (χ2n) is 5.34. The summed E-state index contributed by atoms with van der Waals surface area (Å²) in [6.45, 7) is 2.59. The van der Waals surface area contributed by atoms with Crippen molar-refractivity contribution in [1.29, 1.82) is 0 Å². The van der Waals surface area contributed by atoms with Gasteiger partial charge >= 0.3 is 0 Å². The van der Waals surface area contributed by atoms with E-state index in [1.165, 1.54) is 6.07 Å². The average Bonchev–Trinajstić information content (AvgIpc) is 2.59. The first-order chi connectivity index (χ1) is 11.6. The Morgan fingerprint density at radius 1 is 1.12 bits per heavy atom. The Morgan fingerprint density at radius 2 is 1.83 bits per heavy atom. The van der Waals surface area contributed by atoms with Crippen molar-refractivity contribution < 1.29 is 4.74 Å². The van der Waals surface area contributed by atoms with E-state index < -0.39 is 0 Å². The number of rotatable bonds is 5. The lowest BCUT2D eigenvalue weighted by Gasteiger charge is -2.12. The lowest BCUT2D eigenvalue weighted by Crippen LogP contribution is -2.22. The molecule has 2 aromatic heterocycles. The number of aryl methyl sites for hydroxylation is 1. The predicted octanol–water partition coefficient (Wildman–Crippen LogP) is 3.23. The Morgan fingerprint density at radius 3 is 2.50 bits per heavy atom. The highest BCUT2D eigenvalue weighted by Gasteiger charge is 2.06. The van der Waals surface area contributed by atoms with Gasteiger partial charge < -0.3 is 9.30 Å². The van der Waals surface area contributed by atoms with Crippen LogP contribution in [0.4, 0.5) is 0 Å². The molecule has 0 aliphatic carbocycles. The van der Waals surface area contributed by atoms with Crippen molar-refractivity contribution in [2.24, 2.45) is 0 Å². The summed E-state index contributed by atoms with van der Waals surface area (Å²) in [7, 11) is 0. The van der Waals surface area contributed by atoms with Crippen molar-refractivity contribution >= 4 is 11.6 Å². The Hall–Kier alpha value is -2.66. The van der Waals surface area contributed by atoms with E-state index in [9.17, 15) is 4.79 Å². The number of ether oxygens (including phenoxy) is 1. The molecule has 0 unspecified atom stereocenters. The monoisotopic (exact) mass is 341 g/mol. The van der Waals surface area contributed by atoms with Crippen LogP contribution < -0.4 is 10.3 Å². The van der Waals surface area contributed by atoms with Gasteiger partial charge in [-0.25, -0.2) is 9.97 Å². The SMILES string of the molecule is Cc1cc(OCc2ncccn2)cc(=O)n1Cc1ccc(Cl)cc1. The van der Waals surface area contributed by atoms with E-state index in [0.29, 0.717) is 23.1 Å². The second kappa shape index (κ2) is 7.27. The minimum atomic E-state index is -0.117. The highest BCUT2D eigenvalue weighted by Crippen LogP contribution is 2.14. The molecule has 1 aromatic carbocycles. The van der Waals surface area contributed by atoms with Crippen LogP contribution in [-0.4, -0.2) is 14.5 Å². The number of halogens is 1. The number of nitrogens with zero attached hydrogens (tertiary/aromatic N) is 3. The topological polar surface area (TPSA) is 57.0 Å². The van der Waals surface area contributed by atoms with Gasteiger partial charge in [-0.1, -0.05) is 23.7 Å². The van der Waals surface area contributed by atoms with E-state index in [0.717, 1.165) is 11.3 Å². The molecule has 5 nitrogen and oxygen atoms in total. The zero-order valence-electron chi connectivity index (χ0n) is 13.1. The summed E-state index contributed by atoms with van der Waals surface area (Å²) in [5.74, 6) is 1.08. The van der Waals surface area contributed by atoms with Gasteiger partial charge in [0.2, 0.25) is 0 Å². The Labute approximate surface area is 144 Å². The van der Waals surface area contributed by atoms with Crippen molar-refractivity contribution in [3.63, 3.8) is 0 Å².